The molecular formula is C15H22BrNO2. The number of nitrogens with zero attached hydrogens (tertiary/aromatic N) is 1. The average Bonchev–Trinajstić information content (AvgIpc) is 2.28. The molecule has 2 atom stereocenters. The number of rotatable bonds is 5. The Morgan fingerprint density at radius 2 is 1.79 bits per heavy atom. The largest absolute Gasteiger partial charge is 0.269 e. The lowest BCUT2D eigenvalue weighted by Crippen LogP contribution is -2.21. The van der Waals surface area contributed by atoms with Crippen LogP contribution in [0.3, 0.4) is 0 Å². The monoisotopic (exact) mass is 327 g/mol. The smallest absolute Gasteiger partial charge is 0.258 e. The molecule has 4 heteroatoms. The Morgan fingerprint density at radius 3 is 2.21 bits per heavy atom. The summed E-state index contributed by atoms with van der Waals surface area (Å²) in [7, 11) is 0. The van der Waals surface area contributed by atoms with Gasteiger partial charge in [0, 0.05) is 17.0 Å². The minimum Gasteiger partial charge on any atom is -0.258 e. The van der Waals surface area contributed by atoms with Gasteiger partial charge in [-0.1, -0.05) is 55.8 Å². The molecule has 1 aromatic carbocycles. The first-order valence-corrected chi connectivity index (χ1v) is 7.49. The van der Waals surface area contributed by atoms with Gasteiger partial charge in [0.25, 0.3) is 5.69 Å². The SMILES string of the molecule is CC(CC(Br)Cc1ccc([N+](=O)[O-])cc1)C(C)(C)C. The van der Waals surface area contributed by atoms with E-state index >= 15 is 0 Å². The van der Waals surface area contributed by atoms with Crippen LogP contribution in [0, 0.1) is 21.4 Å². The summed E-state index contributed by atoms with van der Waals surface area (Å²) in [5, 5.41) is 10.6. The average molecular weight is 328 g/mol. The van der Waals surface area contributed by atoms with Gasteiger partial charge in [-0.3, -0.25) is 10.1 Å². The Kier molecular flexibility index (Phi) is 5.53. The zero-order valence-corrected chi connectivity index (χ0v) is 13.6. The Bertz CT molecular complexity index is 423. The van der Waals surface area contributed by atoms with Crippen molar-refractivity contribution in [2.75, 3.05) is 0 Å². The Labute approximate surface area is 123 Å². The van der Waals surface area contributed by atoms with Gasteiger partial charge < -0.3 is 0 Å². The van der Waals surface area contributed by atoms with E-state index in [1.165, 1.54) is 0 Å². The van der Waals surface area contributed by atoms with Crippen molar-refractivity contribution in [1.29, 1.82) is 0 Å². The van der Waals surface area contributed by atoms with Crippen molar-refractivity contribution in [2.45, 2.75) is 45.4 Å². The molecule has 0 aliphatic carbocycles. The first-order chi connectivity index (χ1) is 8.70. The zero-order chi connectivity index (χ0) is 14.6. The number of non-ortho nitro benzene ring substituents is 1. The van der Waals surface area contributed by atoms with Crippen LogP contribution in [0.5, 0.6) is 0 Å². The van der Waals surface area contributed by atoms with Gasteiger partial charge in [-0.25, -0.2) is 0 Å². The summed E-state index contributed by atoms with van der Waals surface area (Å²) in [5.74, 6) is 0.620. The summed E-state index contributed by atoms with van der Waals surface area (Å²) >= 11 is 3.72. The van der Waals surface area contributed by atoms with Crippen molar-refractivity contribution < 1.29 is 4.92 Å². The van der Waals surface area contributed by atoms with E-state index in [0.29, 0.717) is 16.2 Å². The molecule has 1 aromatic rings. The second-order valence-electron chi connectivity index (χ2n) is 6.23. The van der Waals surface area contributed by atoms with E-state index in [0.717, 1.165) is 18.4 Å². The highest BCUT2D eigenvalue weighted by molar-refractivity contribution is 9.09. The minimum absolute atomic E-state index is 0.151. The van der Waals surface area contributed by atoms with Crippen LogP contribution in [-0.2, 0) is 6.42 Å². The highest BCUT2D eigenvalue weighted by Crippen LogP contribution is 2.31. The third-order valence-electron chi connectivity index (χ3n) is 3.69. The molecule has 0 amide bonds. The number of alkyl halides is 1. The fourth-order valence-corrected chi connectivity index (χ4v) is 2.76. The van der Waals surface area contributed by atoms with Crippen LogP contribution in [0.1, 0.15) is 39.7 Å². The van der Waals surface area contributed by atoms with Crippen molar-refractivity contribution in [1.82, 2.24) is 0 Å². The molecule has 0 N–H and O–H groups in total. The molecule has 0 aromatic heterocycles. The topological polar surface area (TPSA) is 43.1 Å². The van der Waals surface area contributed by atoms with Crippen molar-refractivity contribution in [3.05, 3.63) is 39.9 Å². The van der Waals surface area contributed by atoms with Gasteiger partial charge in [-0.05, 0) is 29.7 Å². The quantitative estimate of drug-likeness (QED) is 0.435. The second kappa shape index (κ2) is 6.51. The van der Waals surface area contributed by atoms with Crippen LogP contribution in [0.4, 0.5) is 5.69 Å². The van der Waals surface area contributed by atoms with Gasteiger partial charge in [0.15, 0.2) is 0 Å². The van der Waals surface area contributed by atoms with E-state index in [-0.39, 0.29) is 10.6 Å². The lowest BCUT2D eigenvalue weighted by Gasteiger charge is -2.29. The zero-order valence-electron chi connectivity index (χ0n) is 12.0. The molecule has 3 nitrogen and oxygen atoms in total. The molecule has 0 saturated heterocycles. The molecule has 0 radical (unpaired) electrons. The Hall–Kier alpha value is -0.900. The van der Waals surface area contributed by atoms with Crippen molar-refractivity contribution in [3.8, 4) is 0 Å². The van der Waals surface area contributed by atoms with Crippen molar-refractivity contribution in [2.24, 2.45) is 11.3 Å². The lowest BCUT2D eigenvalue weighted by atomic mass is 9.79. The van der Waals surface area contributed by atoms with Crippen LogP contribution in [0.25, 0.3) is 0 Å². The fraction of sp³-hybridized carbons (Fsp3) is 0.600. The van der Waals surface area contributed by atoms with E-state index in [4.69, 9.17) is 0 Å². The third kappa shape index (κ3) is 5.31. The molecule has 19 heavy (non-hydrogen) atoms. The molecule has 0 fully saturated rings. The normalized spacial score (nSPS) is 15.0. The van der Waals surface area contributed by atoms with E-state index in [9.17, 15) is 10.1 Å². The van der Waals surface area contributed by atoms with Crippen LogP contribution < -0.4 is 0 Å². The highest BCUT2D eigenvalue weighted by Gasteiger charge is 2.22. The summed E-state index contributed by atoms with van der Waals surface area (Å²) in [6, 6.07) is 6.83. The van der Waals surface area contributed by atoms with E-state index in [1.54, 1.807) is 12.1 Å². The van der Waals surface area contributed by atoms with Gasteiger partial charge >= 0.3 is 0 Å². The van der Waals surface area contributed by atoms with Crippen LogP contribution >= 0.6 is 15.9 Å². The van der Waals surface area contributed by atoms with Crippen molar-refractivity contribution >= 4 is 21.6 Å². The van der Waals surface area contributed by atoms with Crippen molar-refractivity contribution in [3.63, 3.8) is 0 Å². The van der Waals surface area contributed by atoms with Gasteiger partial charge in [-0.15, -0.1) is 0 Å². The fourth-order valence-electron chi connectivity index (χ4n) is 1.83. The first kappa shape index (κ1) is 16.2. The van der Waals surface area contributed by atoms with Crippen LogP contribution in [-0.4, -0.2) is 9.75 Å². The van der Waals surface area contributed by atoms with Gasteiger partial charge in [0.2, 0.25) is 0 Å². The molecule has 0 aliphatic heterocycles. The van der Waals surface area contributed by atoms with Gasteiger partial charge in [0.1, 0.15) is 0 Å². The lowest BCUT2D eigenvalue weighted by molar-refractivity contribution is -0.384. The molecule has 0 saturated carbocycles. The molecular weight excluding hydrogens is 306 g/mol. The molecule has 0 aliphatic rings. The first-order valence-electron chi connectivity index (χ1n) is 6.57. The number of hydrogen-bond acceptors (Lipinski definition) is 2. The molecule has 0 spiro atoms. The predicted molar refractivity (Wildman–Crippen MR) is 82.8 cm³/mol. The molecule has 0 heterocycles. The Morgan fingerprint density at radius 1 is 1.26 bits per heavy atom. The van der Waals surface area contributed by atoms with E-state index in [1.807, 2.05) is 12.1 Å². The summed E-state index contributed by atoms with van der Waals surface area (Å²) in [4.78, 5) is 10.6. The van der Waals surface area contributed by atoms with Crippen LogP contribution in [0.2, 0.25) is 0 Å². The second-order valence-corrected chi connectivity index (χ2v) is 7.52. The Balaban J connectivity index is 2.57. The molecule has 0 bridgehead atoms. The third-order valence-corrected chi connectivity index (χ3v) is 4.39. The molecule has 106 valence electrons. The predicted octanol–water partition coefficient (Wildman–Crippen LogP) is 4.97. The maximum atomic E-state index is 10.6. The number of benzene rings is 1. The molecule has 1 rings (SSSR count). The molecule has 2 unspecified atom stereocenters. The number of halogens is 1. The maximum absolute atomic E-state index is 10.6. The summed E-state index contributed by atoms with van der Waals surface area (Å²) in [6.45, 7) is 9.03. The maximum Gasteiger partial charge on any atom is 0.269 e. The number of nitro benzene ring substituents is 1. The minimum atomic E-state index is -0.364. The summed E-state index contributed by atoms with van der Waals surface area (Å²) in [6.07, 6.45) is 2.00. The number of hydrogen-bond donors (Lipinski definition) is 0. The van der Waals surface area contributed by atoms with E-state index < -0.39 is 0 Å². The number of nitro groups is 1. The van der Waals surface area contributed by atoms with Gasteiger partial charge in [-0.2, -0.15) is 0 Å². The standard InChI is InChI=1S/C15H22BrNO2/c1-11(15(2,3)4)9-13(16)10-12-5-7-14(8-6-12)17(18)19/h5-8,11,13H,9-10H2,1-4H3. The van der Waals surface area contributed by atoms with Gasteiger partial charge in [0.05, 0.1) is 4.92 Å². The van der Waals surface area contributed by atoms with E-state index in [2.05, 4.69) is 43.6 Å². The highest BCUT2D eigenvalue weighted by atomic mass is 79.9. The summed E-state index contributed by atoms with van der Waals surface area (Å²) < 4.78 is 0. The summed E-state index contributed by atoms with van der Waals surface area (Å²) in [5.41, 5.74) is 1.59. The van der Waals surface area contributed by atoms with Crippen LogP contribution in [0.15, 0.2) is 24.3 Å².